The molecule has 0 N–H and O–H groups in total. The molecule has 1 aromatic carbocycles. The minimum absolute atomic E-state index is 0.829. The molecule has 0 saturated carbocycles. The Bertz CT molecular complexity index is 274. The second kappa shape index (κ2) is 5.12. The van der Waals surface area contributed by atoms with E-state index in [0.29, 0.717) is 0 Å². The monoisotopic (exact) mass is 244 g/mol. The standard InChI is InChI=1S/C10H13BrO2/c1-12-9-4-3-8(5-6-11)10(7-9)13-2/h3-4,7H,5-6H2,1-2H3. The highest BCUT2D eigenvalue weighted by Crippen LogP contribution is 2.25. The van der Waals surface area contributed by atoms with Crippen LogP contribution in [0.3, 0.4) is 0 Å². The van der Waals surface area contributed by atoms with E-state index in [-0.39, 0.29) is 0 Å². The SMILES string of the molecule is COc1ccc(CCBr)c(OC)c1. The van der Waals surface area contributed by atoms with Gasteiger partial charge in [0, 0.05) is 11.4 Å². The van der Waals surface area contributed by atoms with Gasteiger partial charge in [-0.05, 0) is 18.1 Å². The number of aryl methyl sites for hydroxylation is 1. The third kappa shape index (κ3) is 2.62. The first-order valence-corrected chi connectivity index (χ1v) is 5.21. The molecular formula is C10H13BrO2. The second-order valence-electron chi connectivity index (χ2n) is 2.62. The van der Waals surface area contributed by atoms with Gasteiger partial charge >= 0.3 is 0 Å². The summed E-state index contributed by atoms with van der Waals surface area (Å²) in [6.07, 6.45) is 0.965. The number of rotatable bonds is 4. The normalized spacial score (nSPS) is 9.77. The van der Waals surface area contributed by atoms with Crippen molar-refractivity contribution in [2.45, 2.75) is 6.42 Å². The summed E-state index contributed by atoms with van der Waals surface area (Å²) in [5.41, 5.74) is 1.19. The molecule has 0 aliphatic heterocycles. The summed E-state index contributed by atoms with van der Waals surface area (Å²) in [7, 11) is 3.32. The molecule has 0 atom stereocenters. The van der Waals surface area contributed by atoms with Gasteiger partial charge in [-0.2, -0.15) is 0 Å². The summed E-state index contributed by atoms with van der Waals surface area (Å²) in [5.74, 6) is 1.72. The van der Waals surface area contributed by atoms with Crippen LogP contribution in [0.25, 0.3) is 0 Å². The van der Waals surface area contributed by atoms with Crippen LogP contribution in [0.15, 0.2) is 18.2 Å². The molecule has 3 heteroatoms. The van der Waals surface area contributed by atoms with E-state index < -0.39 is 0 Å². The molecule has 72 valence electrons. The van der Waals surface area contributed by atoms with Crippen molar-refractivity contribution in [1.82, 2.24) is 0 Å². The fraction of sp³-hybridized carbons (Fsp3) is 0.400. The molecule has 0 fully saturated rings. The molecule has 0 spiro atoms. The molecule has 0 amide bonds. The van der Waals surface area contributed by atoms with Gasteiger partial charge in [-0.25, -0.2) is 0 Å². The van der Waals surface area contributed by atoms with Gasteiger partial charge in [0.1, 0.15) is 11.5 Å². The Morgan fingerprint density at radius 1 is 1.23 bits per heavy atom. The fourth-order valence-electron chi connectivity index (χ4n) is 1.16. The van der Waals surface area contributed by atoms with E-state index in [0.717, 1.165) is 23.2 Å². The van der Waals surface area contributed by atoms with Crippen LogP contribution >= 0.6 is 15.9 Å². The van der Waals surface area contributed by atoms with Crippen LogP contribution in [0.4, 0.5) is 0 Å². The molecule has 2 nitrogen and oxygen atoms in total. The number of alkyl halides is 1. The highest BCUT2D eigenvalue weighted by molar-refractivity contribution is 9.09. The van der Waals surface area contributed by atoms with Gasteiger partial charge in [-0.15, -0.1) is 0 Å². The molecule has 0 unspecified atom stereocenters. The van der Waals surface area contributed by atoms with E-state index in [9.17, 15) is 0 Å². The van der Waals surface area contributed by atoms with Crippen LogP contribution in [-0.2, 0) is 6.42 Å². The van der Waals surface area contributed by atoms with Crippen LogP contribution < -0.4 is 9.47 Å². The van der Waals surface area contributed by atoms with Gasteiger partial charge in [-0.3, -0.25) is 0 Å². The Morgan fingerprint density at radius 2 is 2.00 bits per heavy atom. The van der Waals surface area contributed by atoms with E-state index in [4.69, 9.17) is 9.47 Å². The second-order valence-corrected chi connectivity index (χ2v) is 3.41. The lowest BCUT2D eigenvalue weighted by Crippen LogP contribution is -1.94. The summed E-state index contributed by atoms with van der Waals surface area (Å²) in [5, 5.41) is 0.940. The first-order valence-electron chi connectivity index (χ1n) is 4.08. The molecule has 0 saturated heterocycles. The number of hydrogen-bond acceptors (Lipinski definition) is 2. The number of halogens is 1. The molecule has 0 aliphatic rings. The number of benzene rings is 1. The van der Waals surface area contributed by atoms with Crippen LogP contribution in [0, 0.1) is 0 Å². The lowest BCUT2D eigenvalue weighted by atomic mass is 10.1. The Balaban J connectivity index is 2.93. The molecule has 1 aromatic rings. The van der Waals surface area contributed by atoms with Crippen molar-refractivity contribution >= 4 is 15.9 Å². The van der Waals surface area contributed by atoms with Crippen molar-refractivity contribution in [3.8, 4) is 11.5 Å². The average molecular weight is 245 g/mol. The van der Waals surface area contributed by atoms with Crippen LogP contribution in [0.1, 0.15) is 5.56 Å². The van der Waals surface area contributed by atoms with Gasteiger partial charge in [0.25, 0.3) is 0 Å². The third-order valence-electron chi connectivity index (χ3n) is 1.86. The third-order valence-corrected chi connectivity index (χ3v) is 2.25. The zero-order chi connectivity index (χ0) is 9.68. The van der Waals surface area contributed by atoms with Crippen molar-refractivity contribution in [2.24, 2.45) is 0 Å². The minimum atomic E-state index is 0.829. The average Bonchev–Trinajstić information content (AvgIpc) is 2.19. The van der Waals surface area contributed by atoms with Gasteiger partial charge in [-0.1, -0.05) is 22.0 Å². The van der Waals surface area contributed by atoms with Gasteiger partial charge in [0.05, 0.1) is 14.2 Å². The first kappa shape index (κ1) is 10.4. The summed E-state index contributed by atoms with van der Waals surface area (Å²) in [6, 6.07) is 5.87. The Kier molecular flexibility index (Phi) is 4.09. The maximum atomic E-state index is 5.24. The quantitative estimate of drug-likeness (QED) is 0.759. The van der Waals surface area contributed by atoms with Gasteiger partial charge in [0.15, 0.2) is 0 Å². The summed E-state index contributed by atoms with van der Waals surface area (Å²) in [6.45, 7) is 0. The summed E-state index contributed by atoms with van der Waals surface area (Å²) < 4.78 is 10.3. The van der Waals surface area contributed by atoms with E-state index in [1.807, 2.05) is 18.2 Å². The molecule has 0 aromatic heterocycles. The molecule has 13 heavy (non-hydrogen) atoms. The predicted octanol–water partition coefficient (Wildman–Crippen LogP) is 2.64. The number of hydrogen-bond donors (Lipinski definition) is 0. The van der Waals surface area contributed by atoms with Gasteiger partial charge in [0.2, 0.25) is 0 Å². The van der Waals surface area contributed by atoms with Crippen LogP contribution in [-0.4, -0.2) is 19.5 Å². The van der Waals surface area contributed by atoms with Crippen molar-refractivity contribution in [3.05, 3.63) is 23.8 Å². The zero-order valence-corrected chi connectivity index (χ0v) is 9.43. The van der Waals surface area contributed by atoms with Crippen molar-refractivity contribution in [3.63, 3.8) is 0 Å². The number of ether oxygens (including phenoxy) is 2. The van der Waals surface area contributed by atoms with E-state index in [2.05, 4.69) is 15.9 Å². The largest absolute Gasteiger partial charge is 0.497 e. The Labute approximate surface area is 87.0 Å². The van der Waals surface area contributed by atoms with Crippen LogP contribution in [0.5, 0.6) is 11.5 Å². The smallest absolute Gasteiger partial charge is 0.125 e. The molecule has 0 bridgehead atoms. The van der Waals surface area contributed by atoms with Crippen LogP contribution in [0.2, 0.25) is 0 Å². The first-order chi connectivity index (χ1) is 6.31. The van der Waals surface area contributed by atoms with Crippen molar-refractivity contribution in [1.29, 1.82) is 0 Å². The molecular weight excluding hydrogens is 232 g/mol. The molecule has 0 aliphatic carbocycles. The lowest BCUT2D eigenvalue weighted by molar-refractivity contribution is 0.391. The molecule has 0 radical (unpaired) electrons. The highest BCUT2D eigenvalue weighted by atomic mass is 79.9. The minimum Gasteiger partial charge on any atom is -0.497 e. The topological polar surface area (TPSA) is 18.5 Å². The molecule has 1 rings (SSSR count). The fourth-order valence-corrected chi connectivity index (χ4v) is 1.59. The summed E-state index contributed by atoms with van der Waals surface area (Å²) >= 11 is 3.40. The Morgan fingerprint density at radius 3 is 2.54 bits per heavy atom. The molecule has 0 heterocycles. The number of methoxy groups -OCH3 is 2. The van der Waals surface area contributed by atoms with E-state index in [1.165, 1.54) is 5.56 Å². The van der Waals surface area contributed by atoms with Crippen molar-refractivity contribution < 1.29 is 9.47 Å². The highest BCUT2D eigenvalue weighted by Gasteiger charge is 2.03. The van der Waals surface area contributed by atoms with E-state index >= 15 is 0 Å². The maximum absolute atomic E-state index is 5.24. The lowest BCUT2D eigenvalue weighted by Gasteiger charge is -2.08. The van der Waals surface area contributed by atoms with Gasteiger partial charge < -0.3 is 9.47 Å². The van der Waals surface area contributed by atoms with Crippen molar-refractivity contribution in [2.75, 3.05) is 19.5 Å². The Hall–Kier alpha value is -0.700. The van der Waals surface area contributed by atoms with E-state index in [1.54, 1.807) is 14.2 Å². The predicted molar refractivity (Wildman–Crippen MR) is 57.0 cm³/mol. The summed E-state index contributed by atoms with van der Waals surface area (Å²) in [4.78, 5) is 0. The maximum Gasteiger partial charge on any atom is 0.125 e. The zero-order valence-electron chi connectivity index (χ0n) is 7.84.